The first-order chi connectivity index (χ1) is 13.1. The van der Waals surface area contributed by atoms with Gasteiger partial charge in [-0.3, -0.25) is 0 Å². The Morgan fingerprint density at radius 3 is 1.52 bits per heavy atom. The summed E-state index contributed by atoms with van der Waals surface area (Å²) >= 11 is 2.19. The molecule has 0 aromatic heterocycles. The SMILES string of the molecule is C#C[Si](C)(C)C.C[Si](C)(C)C#Cc1ccc(N)c(N)c1.Nc1ccc(I)cc1N. The zero-order valence-electron chi connectivity index (χ0n) is 18.2. The minimum Gasteiger partial charge on any atom is -0.397 e. The van der Waals surface area contributed by atoms with Gasteiger partial charge in [0.05, 0.1) is 22.7 Å². The number of anilines is 4. The van der Waals surface area contributed by atoms with E-state index in [9.17, 15) is 0 Å². The van der Waals surface area contributed by atoms with Crippen LogP contribution in [0.5, 0.6) is 0 Å². The highest BCUT2D eigenvalue weighted by Crippen LogP contribution is 2.17. The molecular formula is C22H33IN4Si2. The lowest BCUT2D eigenvalue weighted by Crippen LogP contribution is -2.16. The number of rotatable bonds is 0. The quantitative estimate of drug-likeness (QED) is 0.164. The second-order valence-corrected chi connectivity index (χ2v) is 19.3. The molecule has 2 rings (SSSR count). The van der Waals surface area contributed by atoms with Crippen molar-refractivity contribution in [1.82, 2.24) is 0 Å². The summed E-state index contributed by atoms with van der Waals surface area (Å²) < 4.78 is 1.11. The molecule has 0 radical (unpaired) electrons. The lowest BCUT2D eigenvalue weighted by Gasteiger charge is -2.04. The third-order valence-electron chi connectivity index (χ3n) is 3.15. The molecule has 0 aliphatic carbocycles. The zero-order valence-corrected chi connectivity index (χ0v) is 22.4. The summed E-state index contributed by atoms with van der Waals surface area (Å²) in [4.78, 5) is 0. The van der Waals surface area contributed by atoms with Crippen molar-refractivity contribution in [3.05, 3.63) is 45.5 Å². The van der Waals surface area contributed by atoms with E-state index >= 15 is 0 Å². The molecule has 2 aromatic rings. The minimum absolute atomic E-state index is 0.604. The fourth-order valence-electron chi connectivity index (χ4n) is 1.46. The van der Waals surface area contributed by atoms with Crippen LogP contribution in [0.2, 0.25) is 39.3 Å². The van der Waals surface area contributed by atoms with Crippen LogP contribution in [0.15, 0.2) is 36.4 Å². The maximum atomic E-state index is 5.68. The number of hydrogen-bond donors (Lipinski definition) is 4. The molecule has 0 fully saturated rings. The van der Waals surface area contributed by atoms with Crippen LogP contribution in [0.3, 0.4) is 0 Å². The first-order valence-electron chi connectivity index (χ1n) is 9.11. The Morgan fingerprint density at radius 2 is 1.17 bits per heavy atom. The number of terminal acetylenes is 1. The Balaban J connectivity index is 0.000000448. The Morgan fingerprint density at radius 1 is 0.724 bits per heavy atom. The largest absolute Gasteiger partial charge is 0.397 e. The smallest absolute Gasteiger partial charge is 0.129 e. The van der Waals surface area contributed by atoms with Crippen molar-refractivity contribution >= 4 is 61.5 Å². The molecule has 0 unspecified atom stereocenters. The van der Waals surface area contributed by atoms with Crippen LogP contribution in [0.4, 0.5) is 22.7 Å². The van der Waals surface area contributed by atoms with E-state index < -0.39 is 16.1 Å². The second-order valence-electron chi connectivity index (χ2n) is 8.51. The van der Waals surface area contributed by atoms with Gasteiger partial charge in [-0.05, 0) is 59.0 Å². The fraction of sp³-hybridized carbons (Fsp3) is 0.273. The van der Waals surface area contributed by atoms with E-state index in [0.29, 0.717) is 22.7 Å². The van der Waals surface area contributed by atoms with Gasteiger partial charge in [0.15, 0.2) is 0 Å². The van der Waals surface area contributed by atoms with Gasteiger partial charge < -0.3 is 22.9 Å². The molecule has 0 heterocycles. The van der Waals surface area contributed by atoms with Crippen LogP contribution in [0.25, 0.3) is 0 Å². The molecule has 0 bridgehead atoms. The molecule has 0 aliphatic heterocycles. The van der Waals surface area contributed by atoms with Crippen molar-refractivity contribution in [2.24, 2.45) is 0 Å². The van der Waals surface area contributed by atoms with Crippen molar-refractivity contribution in [1.29, 1.82) is 0 Å². The van der Waals surface area contributed by atoms with E-state index in [-0.39, 0.29) is 0 Å². The first-order valence-corrected chi connectivity index (χ1v) is 17.2. The van der Waals surface area contributed by atoms with Gasteiger partial charge in [0.1, 0.15) is 16.1 Å². The molecule has 0 spiro atoms. The number of benzene rings is 2. The van der Waals surface area contributed by atoms with Gasteiger partial charge in [-0.2, -0.15) is 0 Å². The summed E-state index contributed by atoms with van der Waals surface area (Å²) in [5.41, 5.74) is 31.7. The van der Waals surface area contributed by atoms with Crippen LogP contribution < -0.4 is 22.9 Å². The Hall–Kier alpha value is -2.08. The number of nitrogen functional groups attached to an aromatic ring is 4. The third-order valence-corrected chi connectivity index (χ3v) is 5.56. The zero-order chi connectivity index (χ0) is 22.8. The monoisotopic (exact) mass is 536 g/mol. The highest BCUT2D eigenvalue weighted by Gasteiger charge is 2.07. The predicted octanol–water partition coefficient (Wildman–Crippen LogP) is 5.03. The van der Waals surface area contributed by atoms with Gasteiger partial charge in [0.2, 0.25) is 0 Å². The lowest BCUT2D eigenvalue weighted by molar-refractivity contribution is 1.62. The molecule has 0 saturated carbocycles. The van der Waals surface area contributed by atoms with Crippen LogP contribution in [0, 0.1) is 27.0 Å². The summed E-state index contributed by atoms with van der Waals surface area (Å²) in [6.45, 7) is 13.1. The van der Waals surface area contributed by atoms with Gasteiger partial charge in [-0.1, -0.05) is 45.2 Å². The van der Waals surface area contributed by atoms with E-state index in [1.54, 1.807) is 12.1 Å². The fourth-order valence-corrected chi connectivity index (χ4v) is 2.49. The molecule has 29 heavy (non-hydrogen) atoms. The third kappa shape index (κ3) is 13.7. The average molecular weight is 537 g/mol. The van der Waals surface area contributed by atoms with Gasteiger partial charge >= 0.3 is 0 Å². The Bertz CT molecular complexity index is 912. The van der Waals surface area contributed by atoms with E-state index in [4.69, 9.17) is 29.4 Å². The summed E-state index contributed by atoms with van der Waals surface area (Å²) in [7, 11) is -2.41. The molecular weight excluding hydrogens is 503 g/mol. The standard InChI is InChI=1S/C11H16N2Si.C6H7IN2.C5H10Si/c1-14(2,3)7-6-9-4-5-10(12)11(13)8-9;7-4-1-2-5(8)6(9)3-4;1-5-6(2,3)4/h4-5,8H,12-13H2,1-3H3;1-3H,8-9H2;1H,2-4H3. The number of halogens is 1. The Kier molecular flexibility index (Phi) is 11.0. The van der Waals surface area contributed by atoms with E-state index in [2.05, 4.69) is 78.9 Å². The molecule has 4 nitrogen and oxygen atoms in total. The van der Waals surface area contributed by atoms with Gasteiger partial charge in [-0.15, -0.1) is 17.5 Å². The van der Waals surface area contributed by atoms with Gasteiger partial charge in [0.25, 0.3) is 0 Å². The maximum absolute atomic E-state index is 5.68. The molecule has 7 heteroatoms. The predicted molar refractivity (Wildman–Crippen MR) is 146 cm³/mol. The lowest BCUT2D eigenvalue weighted by atomic mass is 10.2. The number of hydrogen-bond acceptors (Lipinski definition) is 4. The average Bonchev–Trinajstić information content (AvgIpc) is 2.59. The molecule has 0 aliphatic rings. The summed E-state index contributed by atoms with van der Waals surface area (Å²) in [5, 5.41) is 0. The van der Waals surface area contributed by atoms with Crippen molar-refractivity contribution in [2.75, 3.05) is 22.9 Å². The van der Waals surface area contributed by atoms with E-state index in [1.807, 2.05) is 24.3 Å². The van der Waals surface area contributed by atoms with Crippen molar-refractivity contribution in [3.8, 4) is 23.4 Å². The van der Waals surface area contributed by atoms with Crippen LogP contribution in [-0.2, 0) is 0 Å². The normalized spacial score (nSPS) is 10.1. The first kappa shape index (κ1) is 26.9. The van der Waals surface area contributed by atoms with Crippen molar-refractivity contribution in [2.45, 2.75) is 39.3 Å². The molecule has 8 N–H and O–H groups in total. The Labute approximate surface area is 192 Å². The van der Waals surface area contributed by atoms with E-state index in [1.165, 1.54) is 0 Å². The minimum atomic E-state index is -1.30. The van der Waals surface area contributed by atoms with Crippen LogP contribution >= 0.6 is 22.6 Å². The second kappa shape index (κ2) is 11.8. The van der Waals surface area contributed by atoms with Gasteiger partial charge in [0, 0.05) is 9.13 Å². The van der Waals surface area contributed by atoms with E-state index in [0.717, 1.165) is 9.13 Å². The maximum Gasteiger partial charge on any atom is 0.129 e. The number of nitrogens with two attached hydrogens (primary N) is 4. The summed E-state index contributed by atoms with van der Waals surface area (Å²) in [5.74, 6) is 3.13. The molecule has 156 valence electrons. The van der Waals surface area contributed by atoms with Crippen LogP contribution in [0.1, 0.15) is 5.56 Å². The van der Waals surface area contributed by atoms with Crippen LogP contribution in [-0.4, -0.2) is 16.1 Å². The van der Waals surface area contributed by atoms with Crippen molar-refractivity contribution < 1.29 is 0 Å². The molecule has 0 amide bonds. The summed E-state index contributed by atoms with van der Waals surface area (Å²) in [6, 6.07) is 11.1. The highest BCUT2D eigenvalue weighted by atomic mass is 127. The van der Waals surface area contributed by atoms with Crippen molar-refractivity contribution in [3.63, 3.8) is 0 Å². The summed E-state index contributed by atoms with van der Waals surface area (Å²) in [6.07, 6.45) is 5.12. The topological polar surface area (TPSA) is 104 Å². The van der Waals surface area contributed by atoms with Gasteiger partial charge in [-0.25, -0.2) is 0 Å². The molecule has 0 atom stereocenters. The molecule has 2 aromatic carbocycles. The molecule has 0 saturated heterocycles. The highest BCUT2D eigenvalue weighted by molar-refractivity contribution is 14.1.